The first-order valence-corrected chi connectivity index (χ1v) is 5.59. The molecule has 1 saturated carbocycles. The smallest absolute Gasteiger partial charge is 0.137 e. The highest BCUT2D eigenvalue weighted by Gasteiger charge is 2.36. The second-order valence-electron chi connectivity index (χ2n) is 4.75. The molecule has 0 aromatic carbocycles. The number of ketones is 1. The number of hydrogen-bond acceptors (Lipinski definition) is 3. The Kier molecular flexibility index (Phi) is 2.88. The van der Waals surface area contributed by atoms with Crippen molar-refractivity contribution in [2.45, 2.75) is 44.1 Å². The van der Waals surface area contributed by atoms with E-state index < -0.39 is 0 Å². The summed E-state index contributed by atoms with van der Waals surface area (Å²) >= 11 is 0. The molecule has 0 unspecified atom stereocenters. The average Bonchev–Trinajstić information content (AvgIpc) is 2.17. The van der Waals surface area contributed by atoms with Crippen LogP contribution in [0.2, 0.25) is 0 Å². The summed E-state index contributed by atoms with van der Waals surface area (Å²) in [5, 5.41) is 0. The van der Waals surface area contributed by atoms with Crippen molar-refractivity contribution < 1.29 is 9.53 Å². The molecular weight excluding hydrogens is 178 g/mol. The number of carbonyl (C=O) groups excluding carboxylic acids is 1. The third-order valence-corrected chi connectivity index (χ3v) is 3.55. The Bertz CT molecular complexity index is 217. The van der Waals surface area contributed by atoms with Crippen molar-refractivity contribution >= 4 is 5.78 Å². The first kappa shape index (κ1) is 10.1. The fraction of sp³-hybridized carbons (Fsp3) is 0.909. The van der Waals surface area contributed by atoms with Crippen LogP contribution in [0.25, 0.3) is 0 Å². The van der Waals surface area contributed by atoms with Crippen molar-refractivity contribution in [2.75, 3.05) is 13.2 Å². The van der Waals surface area contributed by atoms with E-state index in [2.05, 4.69) is 0 Å². The van der Waals surface area contributed by atoms with E-state index in [0.717, 1.165) is 38.9 Å². The van der Waals surface area contributed by atoms with Gasteiger partial charge in [-0.3, -0.25) is 4.79 Å². The van der Waals surface area contributed by atoms with Gasteiger partial charge in [0, 0.05) is 31.1 Å². The molecule has 0 atom stereocenters. The Balaban J connectivity index is 1.81. The minimum Gasteiger partial charge on any atom is -0.381 e. The van der Waals surface area contributed by atoms with Crippen LogP contribution in [0, 0.1) is 5.92 Å². The van der Waals surface area contributed by atoms with Gasteiger partial charge < -0.3 is 10.5 Å². The van der Waals surface area contributed by atoms with Gasteiger partial charge in [-0.05, 0) is 32.1 Å². The fourth-order valence-corrected chi connectivity index (χ4v) is 2.32. The molecule has 0 aromatic heterocycles. The maximum absolute atomic E-state index is 11.9. The number of ether oxygens (including phenoxy) is 1. The lowest BCUT2D eigenvalue weighted by Crippen LogP contribution is -2.49. The summed E-state index contributed by atoms with van der Waals surface area (Å²) in [6.45, 7) is 1.49. The van der Waals surface area contributed by atoms with Crippen molar-refractivity contribution in [3.63, 3.8) is 0 Å². The Morgan fingerprint density at radius 3 is 2.50 bits per heavy atom. The van der Waals surface area contributed by atoms with E-state index in [4.69, 9.17) is 10.5 Å². The van der Waals surface area contributed by atoms with Crippen LogP contribution < -0.4 is 5.73 Å². The van der Waals surface area contributed by atoms with Gasteiger partial charge in [0.05, 0.1) is 0 Å². The number of nitrogens with two attached hydrogens (primary N) is 1. The molecule has 0 aromatic rings. The quantitative estimate of drug-likeness (QED) is 0.741. The molecule has 14 heavy (non-hydrogen) atoms. The summed E-state index contributed by atoms with van der Waals surface area (Å²) in [7, 11) is 0. The van der Waals surface area contributed by atoms with Gasteiger partial charge in [0.2, 0.25) is 0 Å². The molecule has 2 rings (SSSR count). The number of Topliss-reactive ketones (excluding diaryl/α,β-unsaturated/α-hetero) is 1. The highest BCUT2D eigenvalue weighted by molar-refractivity contribution is 5.82. The normalized spacial score (nSPS) is 26.9. The lowest BCUT2D eigenvalue weighted by molar-refractivity contribution is -0.127. The predicted molar refractivity (Wildman–Crippen MR) is 53.9 cm³/mol. The third kappa shape index (κ3) is 2.15. The van der Waals surface area contributed by atoms with Crippen molar-refractivity contribution in [1.82, 2.24) is 0 Å². The maximum atomic E-state index is 11.9. The summed E-state index contributed by atoms with van der Waals surface area (Å²) in [5.74, 6) is 0.597. The van der Waals surface area contributed by atoms with Gasteiger partial charge in [-0.2, -0.15) is 0 Å². The minimum atomic E-state index is -0.143. The lowest BCUT2D eigenvalue weighted by atomic mass is 9.72. The van der Waals surface area contributed by atoms with Gasteiger partial charge in [-0.15, -0.1) is 0 Å². The molecule has 2 N–H and O–H groups in total. The Hall–Kier alpha value is -0.410. The van der Waals surface area contributed by atoms with Gasteiger partial charge in [0.1, 0.15) is 5.78 Å². The molecule has 2 fully saturated rings. The summed E-state index contributed by atoms with van der Waals surface area (Å²) in [4.78, 5) is 11.9. The Labute approximate surface area is 85.0 Å². The Morgan fingerprint density at radius 1 is 1.36 bits per heavy atom. The second-order valence-corrected chi connectivity index (χ2v) is 4.75. The molecule has 1 aliphatic carbocycles. The third-order valence-electron chi connectivity index (χ3n) is 3.55. The summed E-state index contributed by atoms with van der Waals surface area (Å²) < 4.78 is 5.24. The highest BCUT2D eigenvalue weighted by atomic mass is 16.5. The van der Waals surface area contributed by atoms with Crippen LogP contribution >= 0.6 is 0 Å². The predicted octanol–water partition coefficient (Wildman–Crippen LogP) is 1.25. The molecule has 80 valence electrons. The number of rotatable bonds is 3. The van der Waals surface area contributed by atoms with Crippen LogP contribution in [0.3, 0.4) is 0 Å². The van der Waals surface area contributed by atoms with Crippen LogP contribution in [0.1, 0.15) is 38.5 Å². The average molecular weight is 197 g/mol. The van der Waals surface area contributed by atoms with Crippen molar-refractivity contribution in [3.8, 4) is 0 Å². The van der Waals surface area contributed by atoms with E-state index >= 15 is 0 Å². The van der Waals surface area contributed by atoms with E-state index in [-0.39, 0.29) is 11.5 Å². The zero-order valence-corrected chi connectivity index (χ0v) is 8.63. The largest absolute Gasteiger partial charge is 0.381 e. The molecule has 2 aliphatic rings. The van der Waals surface area contributed by atoms with E-state index in [1.54, 1.807) is 0 Å². The molecule has 0 amide bonds. The van der Waals surface area contributed by atoms with Gasteiger partial charge in [0.15, 0.2) is 0 Å². The standard InChI is InChI=1S/C11H19NO2/c12-11(4-1-5-11)8-10(13)9-2-6-14-7-3-9/h9H,1-8,12H2. The fourth-order valence-electron chi connectivity index (χ4n) is 2.32. The van der Waals surface area contributed by atoms with Crippen LogP contribution in [0.5, 0.6) is 0 Å². The zero-order chi connectivity index (χ0) is 10.0. The van der Waals surface area contributed by atoms with Crippen LogP contribution in [-0.2, 0) is 9.53 Å². The number of hydrogen-bond donors (Lipinski definition) is 1. The van der Waals surface area contributed by atoms with Crippen LogP contribution in [0.15, 0.2) is 0 Å². The molecule has 1 heterocycles. The first-order valence-electron chi connectivity index (χ1n) is 5.59. The molecule has 0 spiro atoms. The monoisotopic (exact) mass is 197 g/mol. The van der Waals surface area contributed by atoms with Gasteiger partial charge in [-0.25, -0.2) is 0 Å². The lowest BCUT2D eigenvalue weighted by Gasteiger charge is -2.38. The summed E-state index contributed by atoms with van der Waals surface area (Å²) in [6.07, 6.45) is 5.64. The minimum absolute atomic E-state index is 0.143. The molecule has 1 saturated heterocycles. The molecule has 1 aliphatic heterocycles. The molecule has 3 nitrogen and oxygen atoms in total. The topological polar surface area (TPSA) is 52.3 Å². The number of carbonyl (C=O) groups is 1. The van der Waals surface area contributed by atoms with E-state index in [9.17, 15) is 4.79 Å². The molecule has 0 bridgehead atoms. The summed E-state index contributed by atoms with van der Waals surface area (Å²) in [5.41, 5.74) is 5.91. The van der Waals surface area contributed by atoms with E-state index in [1.807, 2.05) is 0 Å². The van der Waals surface area contributed by atoms with E-state index in [0.29, 0.717) is 12.2 Å². The van der Waals surface area contributed by atoms with E-state index in [1.165, 1.54) is 6.42 Å². The van der Waals surface area contributed by atoms with Crippen molar-refractivity contribution in [3.05, 3.63) is 0 Å². The zero-order valence-electron chi connectivity index (χ0n) is 8.63. The van der Waals surface area contributed by atoms with Crippen LogP contribution in [-0.4, -0.2) is 24.5 Å². The van der Waals surface area contributed by atoms with Gasteiger partial charge in [-0.1, -0.05) is 0 Å². The molecular formula is C11H19NO2. The second kappa shape index (κ2) is 3.99. The summed E-state index contributed by atoms with van der Waals surface area (Å²) in [6, 6.07) is 0. The van der Waals surface area contributed by atoms with Crippen molar-refractivity contribution in [1.29, 1.82) is 0 Å². The first-order chi connectivity index (χ1) is 6.70. The van der Waals surface area contributed by atoms with Gasteiger partial charge in [0.25, 0.3) is 0 Å². The Morgan fingerprint density at radius 2 is 2.00 bits per heavy atom. The van der Waals surface area contributed by atoms with Crippen molar-refractivity contribution in [2.24, 2.45) is 11.7 Å². The maximum Gasteiger partial charge on any atom is 0.137 e. The highest BCUT2D eigenvalue weighted by Crippen LogP contribution is 2.34. The molecule has 3 heteroatoms. The molecule has 0 radical (unpaired) electrons. The van der Waals surface area contributed by atoms with Crippen LogP contribution in [0.4, 0.5) is 0 Å². The SMILES string of the molecule is NC1(CC(=O)C2CCOCC2)CCC1. The van der Waals surface area contributed by atoms with Gasteiger partial charge >= 0.3 is 0 Å².